The van der Waals surface area contributed by atoms with Gasteiger partial charge in [0.05, 0.1) is 6.42 Å². The Kier molecular flexibility index (Phi) is 4.46. The number of ether oxygens (including phenoxy) is 1. The van der Waals surface area contributed by atoms with Crippen molar-refractivity contribution in [3.8, 4) is 0 Å². The molecule has 0 aliphatic heterocycles. The molecule has 1 atom stereocenters. The van der Waals surface area contributed by atoms with E-state index in [0.717, 1.165) is 5.69 Å². The summed E-state index contributed by atoms with van der Waals surface area (Å²) in [4.78, 5) is 16.2. The number of aromatic nitrogens is 1. The van der Waals surface area contributed by atoms with Crippen LogP contribution in [0.1, 0.15) is 39.8 Å². The lowest BCUT2D eigenvalue weighted by molar-refractivity contribution is -0.156. The van der Waals surface area contributed by atoms with E-state index in [0.29, 0.717) is 6.54 Å². The second-order valence-electron chi connectivity index (χ2n) is 5.74. The molecule has 0 fully saturated rings. The summed E-state index contributed by atoms with van der Waals surface area (Å²) in [5.41, 5.74) is 5.66. The Morgan fingerprint density at radius 1 is 1.33 bits per heavy atom. The number of esters is 1. The molecule has 0 spiro atoms. The van der Waals surface area contributed by atoms with Gasteiger partial charge in [-0.15, -0.1) is 0 Å². The minimum Gasteiger partial charge on any atom is -0.460 e. The SMILES string of the molecule is CC(C)(C)OC(=O)CC(C)(CN)c1ccccn1. The second-order valence-corrected chi connectivity index (χ2v) is 5.74. The molecule has 100 valence electrons. The van der Waals surface area contributed by atoms with Crippen LogP contribution in [0.15, 0.2) is 24.4 Å². The topological polar surface area (TPSA) is 65.2 Å². The first-order valence-electron chi connectivity index (χ1n) is 6.10. The summed E-state index contributed by atoms with van der Waals surface area (Å²) in [6.07, 6.45) is 1.94. The van der Waals surface area contributed by atoms with Gasteiger partial charge in [-0.1, -0.05) is 13.0 Å². The average molecular weight is 250 g/mol. The monoisotopic (exact) mass is 250 g/mol. The maximum absolute atomic E-state index is 11.9. The molecule has 0 radical (unpaired) electrons. The zero-order chi connectivity index (χ0) is 13.8. The van der Waals surface area contributed by atoms with Crippen molar-refractivity contribution >= 4 is 5.97 Å². The van der Waals surface area contributed by atoms with E-state index in [1.54, 1.807) is 6.20 Å². The van der Waals surface area contributed by atoms with Gasteiger partial charge in [0, 0.05) is 23.9 Å². The Labute approximate surface area is 109 Å². The van der Waals surface area contributed by atoms with Gasteiger partial charge in [0.2, 0.25) is 0 Å². The fourth-order valence-electron chi connectivity index (χ4n) is 1.68. The zero-order valence-electron chi connectivity index (χ0n) is 11.6. The van der Waals surface area contributed by atoms with Gasteiger partial charge < -0.3 is 10.5 Å². The third kappa shape index (κ3) is 4.11. The predicted octanol–water partition coefficient (Wildman–Crippen LogP) is 2.03. The van der Waals surface area contributed by atoms with E-state index in [-0.39, 0.29) is 12.4 Å². The normalized spacial score (nSPS) is 14.9. The van der Waals surface area contributed by atoms with Crippen LogP contribution in [0.3, 0.4) is 0 Å². The van der Waals surface area contributed by atoms with Crippen molar-refractivity contribution < 1.29 is 9.53 Å². The molecule has 1 aromatic heterocycles. The summed E-state index contributed by atoms with van der Waals surface area (Å²) in [5, 5.41) is 0. The number of nitrogens with two attached hydrogens (primary N) is 1. The lowest BCUT2D eigenvalue weighted by Gasteiger charge is -2.28. The molecule has 0 bridgehead atoms. The number of pyridine rings is 1. The number of hydrogen-bond acceptors (Lipinski definition) is 4. The number of carbonyl (C=O) groups excluding carboxylic acids is 1. The molecule has 4 heteroatoms. The third-order valence-corrected chi connectivity index (χ3v) is 2.69. The van der Waals surface area contributed by atoms with Crippen LogP contribution >= 0.6 is 0 Å². The molecule has 0 saturated heterocycles. The molecule has 0 amide bonds. The van der Waals surface area contributed by atoms with Crippen LogP contribution in [0.2, 0.25) is 0 Å². The highest BCUT2D eigenvalue weighted by Crippen LogP contribution is 2.26. The molecule has 2 N–H and O–H groups in total. The molecule has 4 nitrogen and oxygen atoms in total. The molecular formula is C14H22N2O2. The predicted molar refractivity (Wildman–Crippen MR) is 71.1 cm³/mol. The van der Waals surface area contributed by atoms with Crippen LogP contribution in [0.25, 0.3) is 0 Å². The highest BCUT2D eigenvalue weighted by molar-refractivity contribution is 5.71. The van der Waals surface area contributed by atoms with Crippen LogP contribution in [0.4, 0.5) is 0 Å². The van der Waals surface area contributed by atoms with Crippen LogP contribution in [-0.4, -0.2) is 23.1 Å². The van der Waals surface area contributed by atoms with Crippen molar-refractivity contribution in [1.29, 1.82) is 0 Å². The van der Waals surface area contributed by atoms with Crippen LogP contribution < -0.4 is 5.73 Å². The summed E-state index contributed by atoms with van der Waals surface area (Å²) in [6, 6.07) is 5.62. The first kappa shape index (κ1) is 14.6. The number of rotatable bonds is 4. The van der Waals surface area contributed by atoms with E-state index in [9.17, 15) is 4.79 Å². The van der Waals surface area contributed by atoms with E-state index in [1.807, 2.05) is 45.9 Å². The summed E-state index contributed by atoms with van der Waals surface area (Å²) >= 11 is 0. The largest absolute Gasteiger partial charge is 0.460 e. The second kappa shape index (κ2) is 5.48. The molecule has 0 aliphatic carbocycles. The molecule has 1 heterocycles. The molecular weight excluding hydrogens is 228 g/mol. The van der Waals surface area contributed by atoms with Gasteiger partial charge >= 0.3 is 5.97 Å². The van der Waals surface area contributed by atoms with Crippen molar-refractivity contribution in [3.63, 3.8) is 0 Å². The lowest BCUT2D eigenvalue weighted by atomic mass is 9.83. The Morgan fingerprint density at radius 3 is 2.44 bits per heavy atom. The molecule has 1 rings (SSSR count). The average Bonchev–Trinajstić information content (AvgIpc) is 2.27. The van der Waals surface area contributed by atoms with Gasteiger partial charge in [0.15, 0.2) is 0 Å². The van der Waals surface area contributed by atoms with Gasteiger partial charge in [-0.05, 0) is 32.9 Å². The van der Waals surface area contributed by atoms with Crippen LogP contribution in [-0.2, 0) is 14.9 Å². The zero-order valence-corrected chi connectivity index (χ0v) is 11.6. The summed E-state index contributed by atoms with van der Waals surface area (Å²) in [7, 11) is 0. The van der Waals surface area contributed by atoms with Crippen molar-refractivity contribution in [2.24, 2.45) is 5.73 Å². The number of carbonyl (C=O) groups is 1. The molecule has 18 heavy (non-hydrogen) atoms. The van der Waals surface area contributed by atoms with Gasteiger partial charge in [0.25, 0.3) is 0 Å². The Hall–Kier alpha value is -1.42. The smallest absolute Gasteiger partial charge is 0.307 e. The summed E-state index contributed by atoms with van der Waals surface area (Å²) in [5.74, 6) is -0.249. The molecule has 0 aliphatic rings. The standard InChI is InChI=1S/C14H22N2O2/c1-13(2,3)18-12(17)9-14(4,10-15)11-7-5-6-8-16-11/h5-8H,9-10,15H2,1-4H3. The van der Waals surface area contributed by atoms with E-state index in [2.05, 4.69) is 4.98 Å². The van der Waals surface area contributed by atoms with Gasteiger partial charge in [0.1, 0.15) is 5.60 Å². The van der Waals surface area contributed by atoms with E-state index in [1.165, 1.54) is 0 Å². The Morgan fingerprint density at radius 2 is 2.00 bits per heavy atom. The van der Waals surface area contributed by atoms with Gasteiger partial charge in [-0.2, -0.15) is 0 Å². The van der Waals surface area contributed by atoms with E-state index in [4.69, 9.17) is 10.5 Å². The molecule has 1 aromatic rings. The highest BCUT2D eigenvalue weighted by Gasteiger charge is 2.31. The van der Waals surface area contributed by atoms with Crippen molar-refractivity contribution in [2.45, 2.75) is 45.1 Å². The third-order valence-electron chi connectivity index (χ3n) is 2.69. The quantitative estimate of drug-likeness (QED) is 0.830. The first-order valence-corrected chi connectivity index (χ1v) is 6.10. The molecule has 0 aromatic carbocycles. The maximum Gasteiger partial charge on any atom is 0.307 e. The number of hydrogen-bond donors (Lipinski definition) is 1. The van der Waals surface area contributed by atoms with Crippen LogP contribution in [0.5, 0.6) is 0 Å². The van der Waals surface area contributed by atoms with Crippen LogP contribution in [0, 0.1) is 0 Å². The Balaban J connectivity index is 2.81. The maximum atomic E-state index is 11.9. The highest BCUT2D eigenvalue weighted by atomic mass is 16.6. The summed E-state index contributed by atoms with van der Waals surface area (Å²) < 4.78 is 5.33. The van der Waals surface area contributed by atoms with Crippen molar-refractivity contribution in [3.05, 3.63) is 30.1 Å². The van der Waals surface area contributed by atoms with Crippen molar-refractivity contribution in [1.82, 2.24) is 4.98 Å². The molecule has 0 saturated carbocycles. The fourth-order valence-corrected chi connectivity index (χ4v) is 1.68. The van der Waals surface area contributed by atoms with Crippen molar-refractivity contribution in [2.75, 3.05) is 6.54 Å². The minimum absolute atomic E-state index is 0.234. The van der Waals surface area contributed by atoms with Gasteiger partial charge in [-0.3, -0.25) is 9.78 Å². The fraction of sp³-hybridized carbons (Fsp3) is 0.571. The molecule has 1 unspecified atom stereocenters. The van der Waals surface area contributed by atoms with E-state index >= 15 is 0 Å². The van der Waals surface area contributed by atoms with E-state index < -0.39 is 11.0 Å². The summed E-state index contributed by atoms with van der Waals surface area (Å²) in [6.45, 7) is 7.84. The minimum atomic E-state index is -0.483. The first-order chi connectivity index (χ1) is 8.27. The Bertz CT molecular complexity index is 398. The lowest BCUT2D eigenvalue weighted by Crippen LogP contribution is -2.37. The van der Waals surface area contributed by atoms with Gasteiger partial charge in [-0.25, -0.2) is 0 Å². The number of nitrogens with zero attached hydrogens (tertiary/aromatic N) is 1.